The summed E-state index contributed by atoms with van der Waals surface area (Å²) in [6.45, 7) is 0. The molecule has 2 aromatic rings. The molecule has 0 atom stereocenters. The first-order valence-corrected chi connectivity index (χ1v) is 6.19. The van der Waals surface area contributed by atoms with Crippen molar-refractivity contribution in [2.45, 2.75) is 0 Å². The number of phenols is 1. The standard InChI is InChI=1S/C14H12FN3OS/c15-12-6-1-2-7-13(12)17-14(20)18-16-9-10-4-3-5-11(19)8-10/h1-9,19H,(H2,17,18,20)/b16-9+. The molecule has 2 aromatic carbocycles. The van der Waals surface area contributed by atoms with Gasteiger partial charge in [-0.05, 0) is 42.0 Å². The molecule has 0 radical (unpaired) electrons. The maximum atomic E-state index is 13.4. The molecule has 0 saturated carbocycles. The van der Waals surface area contributed by atoms with E-state index in [4.69, 9.17) is 12.2 Å². The summed E-state index contributed by atoms with van der Waals surface area (Å²) in [4.78, 5) is 0. The van der Waals surface area contributed by atoms with Crippen LogP contribution in [0.5, 0.6) is 5.75 Å². The SMILES string of the molecule is Oc1cccc(/C=N/NC(=S)Nc2ccccc2F)c1. The molecule has 0 aliphatic heterocycles. The maximum Gasteiger partial charge on any atom is 0.191 e. The first-order valence-electron chi connectivity index (χ1n) is 5.79. The van der Waals surface area contributed by atoms with Gasteiger partial charge in [0.1, 0.15) is 11.6 Å². The second kappa shape index (κ2) is 6.63. The van der Waals surface area contributed by atoms with Crippen LogP contribution in [0, 0.1) is 5.82 Å². The van der Waals surface area contributed by atoms with Gasteiger partial charge < -0.3 is 10.4 Å². The van der Waals surface area contributed by atoms with Crippen LogP contribution in [-0.4, -0.2) is 16.4 Å². The van der Waals surface area contributed by atoms with E-state index in [1.54, 1.807) is 42.5 Å². The predicted molar refractivity (Wildman–Crippen MR) is 81.5 cm³/mol. The molecule has 0 aliphatic carbocycles. The van der Waals surface area contributed by atoms with E-state index >= 15 is 0 Å². The minimum atomic E-state index is -0.395. The van der Waals surface area contributed by atoms with Gasteiger partial charge in [-0.15, -0.1) is 0 Å². The van der Waals surface area contributed by atoms with Gasteiger partial charge in [-0.25, -0.2) is 4.39 Å². The molecular weight excluding hydrogens is 277 g/mol. The molecule has 0 bridgehead atoms. The maximum absolute atomic E-state index is 13.4. The van der Waals surface area contributed by atoms with Gasteiger partial charge in [0.2, 0.25) is 0 Å². The highest BCUT2D eigenvalue weighted by atomic mass is 32.1. The number of nitrogens with zero attached hydrogens (tertiary/aromatic N) is 1. The van der Waals surface area contributed by atoms with Crippen molar-refractivity contribution in [3.63, 3.8) is 0 Å². The molecule has 6 heteroatoms. The molecule has 0 aromatic heterocycles. The molecule has 0 fully saturated rings. The van der Waals surface area contributed by atoms with Crippen LogP contribution in [0.1, 0.15) is 5.56 Å². The lowest BCUT2D eigenvalue weighted by molar-refractivity contribution is 0.475. The van der Waals surface area contributed by atoms with Gasteiger partial charge in [0, 0.05) is 0 Å². The van der Waals surface area contributed by atoms with Gasteiger partial charge in [-0.1, -0.05) is 24.3 Å². The third kappa shape index (κ3) is 4.03. The molecule has 0 unspecified atom stereocenters. The van der Waals surface area contributed by atoms with Gasteiger partial charge in [0.15, 0.2) is 5.11 Å². The largest absolute Gasteiger partial charge is 0.508 e. The number of aromatic hydroxyl groups is 1. The number of phenolic OH excluding ortho intramolecular Hbond substituents is 1. The number of hydrogen-bond acceptors (Lipinski definition) is 3. The van der Waals surface area contributed by atoms with Crippen molar-refractivity contribution in [1.29, 1.82) is 0 Å². The predicted octanol–water partition coefficient (Wildman–Crippen LogP) is 2.85. The topological polar surface area (TPSA) is 56.7 Å². The van der Waals surface area contributed by atoms with Crippen LogP contribution < -0.4 is 10.7 Å². The molecule has 2 rings (SSSR count). The molecular formula is C14H12FN3OS. The first-order chi connectivity index (χ1) is 9.65. The highest BCUT2D eigenvalue weighted by Gasteiger charge is 2.01. The number of benzene rings is 2. The quantitative estimate of drug-likeness (QED) is 0.462. The van der Waals surface area contributed by atoms with Crippen molar-refractivity contribution in [3.05, 3.63) is 59.9 Å². The Morgan fingerprint density at radius 1 is 1.20 bits per heavy atom. The van der Waals surface area contributed by atoms with Crippen LogP contribution in [0.2, 0.25) is 0 Å². The van der Waals surface area contributed by atoms with E-state index in [2.05, 4.69) is 15.8 Å². The zero-order valence-corrected chi connectivity index (χ0v) is 11.2. The lowest BCUT2D eigenvalue weighted by Gasteiger charge is -2.07. The van der Waals surface area contributed by atoms with Crippen LogP contribution in [0.15, 0.2) is 53.6 Å². The second-order valence-electron chi connectivity index (χ2n) is 3.90. The van der Waals surface area contributed by atoms with Crippen molar-refractivity contribution in [3.8, 4) is 5.75 Å². The number of para-hydroxylation sites is 1. The average molecular weight is 289 g/mol. The van der Waals surface area contributed by atoms with E-state index in [0.29, 0.717) is 5.56 Å². The molecule has 102 valence electrons. The van der Waals surface area contributed by atoms with Gasteiger partial charge in [0.05, 0.1) is 11.9 Å². The number of anilines is 1. The van der Waals surface area contributed by atoms with E-state index in [9.17, 15) is 9.50 Å². The number of hydrazone groups is 1. The number of rotatable bonds is 3. The zero-order chi connectivity index (χ0) is 14.4. The third-order valence-corrected chi connectivity index (χ3v) is 2.57. The Morgan fingerprint density at radius 3 is 2.75 bits per heavy atom. The lowest BCUT2D eigenvalue weighted by atomic mass is 10.2. The fourth-order valence-electron chi connectivity index (χ4n) is 1.48. The van der Waals surface area contributed by atoms with E-state index in [0.717, 1.165) is 0 Å². The van der Waals surface area contributed by atoms with Gasteiger partial charge in [-0.2, -0.15) is 5.10 Å². The summed E-state index contributed by atoms with van der Waals surface area (Å²) in [6, 6.07) is 12.8. The summed E-state index contributed by atoms with van der Waals surface area (Å²) in [5.74, 6) is -0.241. The zero-order valence-electron chi connectivity index (χ0n) is 10.4. The van der Waals surface area contributed by atoms with Crippen molar-refractivity contribution in [2.75, 3.05) is 5.32 Å². The monoisotopic (exact) mass is 289 g/mol. The van der Waals surface area contributed by atoms with Crippen LogP contribution in [0.4, 0.5) is 10.1 Å². The van der Waals surface area contributed by atoms with E-state index in [1.165, 1.54) is 12.3 Å². The number of nitrogens with one attached hydrogen (secondary N) is 2. The number of thiocarbonyl (C=S) groups is 1. The molecule has 0 spiro atoms. The molecule has 0 aliphatic rings. The highest BCUT2D eigenvalue weighted by Crippen LogP contribution is 2.12. The normalized spacial score (nSPS) is 10.4. The van der Waals surface area contributed by atoms with Crippen LogP contribution in [0.3, 0.4) is 0 Å². The molecule has 20 heavy (non-hydrogen) atoms. The highest BCUT2D eigenvalue weighted by molar-refractivity contribution is 7.80. The van der Waals surface area contributed by atoms with Crippen molar-refractivity contribution in [2.24, 2.45) is 5.10 Å². The molecule has 0 heterocycles. The summed E-state index contributed by atoms with van der Waals surface area (Å²) in [5.41, 5.74) is 3.56. The minimum absolute atomic E-state index is 0.154. The van der Waals surface area contributed by atoms with Crippen LogP contribution in [0.25, 0.3) is 0 Å². The summed E-state index contributed by atoms with van der Waals surface area (Å²) in [7, 11) is 0. The Balaban J connectivity index is 1.91. The van der Waals surface area contributed by atoms with E-state index in [1.807, 2.05) is 0 Å². The Labute approximate surface area is 121 Å². The lowest BCUT2D eigenvalue weighted by Crippen LogP contribution is -2.24. The number of halogens is 1. The number of hydrogen-bond donors (Lipinski definition) is 3. The van der Waals surface area contributed by atoms with Gasteiger partial charge >= 0.3 is 0 Å². The van der Waals surface area contributed by atoms with Crippen LogP contribution >= 0.6 is 12.2 Å². The Morgan fingerprint density at radius 2 is 2.00 bits per heavy atom. The third-order valence-electron chi connectivity index (χ3n) is 2.37. The Kier molecular flexibility index (Phi) is 4.62. The molecule has 0 amide bonds. The van der Waals surface area contributed by atoms with E-state index < -0.39 is 5.82 Å². The Hall–Kier alpha value is -2.47. The smallest absolute Gasteiger partial charge is 0.191 e. The van der Waals surface area contributed by atoms with Gasteiger partial charge in [0.25, 0.3) is 0 Å². The second-order valence-corrected chi connectivity index (χ2v) is 4.31. The fourth-order valence-corrected chi connectivity index (χ4v) is 1.65. The van der Waals surface area contributed by atoms with E-state index in [-0.39, 0.29) is 16.5 Å². The van der Waals surface area contributed by atoms with Crippen molar-refractivity contribution in [1.82, 2.24) is 5.43 Å². The summed E-state index contributed by atoms with van der Waals surface area (Å²) in [6.07, 6.45) is 1.50. The first kappa shape index (κ1) is 14.0. The van der Waals surface area contributed by atoms with Crippen molar-refractivity contribution < 1.29 is 9.50 Å². The average Bonchev–Trinajstić information content (AvgIpc) is 2.41. The summed E-state index contributed by atoms with van der Waals surface area (Å²) >= 11 is 4.98. The molecule has 3 N–H and O–H groups in total. The summed E-state index contributed by atoms with van der Waals surface area (Å²) < 4.78 is 13.4. The summed E-state index contributed by atoms with van der Waals surface area (Å²) in [5, 5.41) is 16.0. The van der Waals surface area contributed by atoms with Crippen molar-refractivity contribution >= 4 is 29.2 Å². The minimum Gasteiger partial charge on any atom is -0.508 e. The Bertz CT molecular complexity index is 646. The molecule has 4 nitrogen and oxygen atoms in total. The van der Waals surface area contributed by atoms with Crippen LogP contribution in [-0.2, 0) is 0 Å². The molecule has 0 saturated heterocycles. The fraction of sp³-hybridized carbons (Fsp3) is 0. The van der Waals surface area contributed by atoms with Gasteiger partial charge in [-0.3, -0.25) is 5.43 Å².